The Kier molecular flexibility index (Phi) is 43.5. The van der Waals surface area contributed by atoms with E-state index in [2.05, 4.69) is 74.1 Å². The van der Waals surface area contributed by atoms with Gasteiger partial charge in [-0.1, -0.05) is 134 Å². The van der Waals surface area contributed by atoms with E-state index in [1.54, 1.807) is 74.6 Å². The van der Waals surface area contributed by atoms with Gasteiger partial charge in [-0.2, -0.15) is 0 Å². The van der Waals surface area contributed by atoms with Crippen molar-refractivity contribution in [2.24, 2.45) is 28.9 Å². The van der Waals surface area contributed by atoms with E-state index in [1.165, 1.54) is 41.5 Å². The monoisotopic (exact) mass is 1870 g/mol. The summed E-state index contributed by atoms with van der Waals surface area (Å²) in [7, 11) is 1.84. The van der Waals surface area contributed by atoms with Gasteiger partial charge < -0.3 is 112 Å². The van der Waals surface area contributed by atoms with Gasteiger partial charge in [0.15, 0.2) is 5.78 Å². The second-order valence-electron chi connectivity index (χ2n) is 35.5. The number of carbonyl (C=O) groups is 17. The molecule has 0 radical (unpaired) electrons. The van der Waals surface area contributed by atoms with Gasteiger partial charge in [0.1, 0.15) is 84.1 Å². The maximum absolute atomic E-state index is 16.4. The van der Waals surface area contributed by atoms with E-state index in [-0.39, 0.29) is 121 Å². The van der Waals surface area contributed by atoms with Crippen LogP contribution in [0.25, 0.3) is 21.7 Å². The number of nitrogens with two attached hydrogens (primary N) is 4. The van der Waals surface area contributed by atoms with E-state index in [0.29, 0.717) is 53.5 Å². The minimum absolute atomic E-state index is 0.0738. The zero-order valence-electron chi connectivity index (χ0n) is 77.9. The number of ketones is 2. The van der Waals surface area contributed by atoms with Crippen molar-refractivity contribution >= 4 is 143 Å². The highest BCUT2D eigenvalue weighted by Crippen LogP contribution is 2.47. The molecular weight excluding hydrogens is 1740 g/mol. The van der Waals surface area contributed by atoms with Crippen LogP contribution in [-0.4, -0.2) is 224 Å². The third-order valence-corrected chi connectivity index (χ3v) is 26.7. The normalized spacial score (nSPS) is 19.2. The number of primary amides is 2. The van der Waals surface area contributed by atoms with Crippen molar-refractivity contribution in [1.29, 1.82) is 0 Å². The molecule has 0 spiro atoms. The molecule has 5 aromatic rings. The van der Waals surface area contributed by atoms with Crippen LogP contribution in [0.15, 0.2) is 91.1 Å². The number of unbranched alkanes of at least 4 members (excludes halogenated alkanes) is 4. The van der Waals surface area contributed by atoms with Crippen molar-refractivity contribution in [3.63, 3.8) is 0 Å². The molecule has 132 heavy (non-hydrogen) atoms. The first-order valence-electron chi connectivity index (χ1n) is 45.0. The molecule has 39 heteroatoms. The second kappa shape index (κ2) is 52.6. The molecule has 0 saturated carbocycles. The average molecular weight is 1870 g/mol. The number of ether oxygens (including phenoxy) is 1. The van der Waals surface area contributed by atoms with Crippen LogP contribution in [0.5, 0.6) is 5.75 Å². The van der Waals surface area contributed by atoms with E-state index >= 15 is 28.8 Å². The van der Waals surface area contributed by atoms with Crippen LogP contribution in [0.1, 0.15) is 209 Å². The number of nitrogens with one attached hydrogen (secondary N) is 14. The molecule has 6 rings (SSSR count). The first-order chi connectivity index (χ1) is 62.3. The predicted molar refractivity (Wildman–Crippen MR) is 504 cm³/mol. The Bertz CT molecular complexity index is 4870. The smallest absolute Gasteiger partial charge is 0.246 e. The molecule has 37 nitrogen and oxygen atoms in total. The van der Waals surface area contributed by atoms with Crippen LogP contribution in [0.4, 0.5) is 0 Å². The maximum atomic E-state index is 16.4. The van der Waals surface area contributed by atoms with Crippen molar-refractivity contribution in [1.82, 2.24) is 74.1 Å². The topological polar surface area (TPSA) is 596 Å². The van der Waals surface area contributed by atoms with Gasteiger partial charge in [-0.25, -0.2) is 0 Å². The molecule has 13 atom stereocenters. The number of H-pyrrole nitrogens is 1. The van der Waals surface area contributed by atoms with Gasteiger partial charge in [-0.05, 0) is 177 Å². The highest BCUT2D eigenvalue weighted by atomic mass is 33.1. The van der Waals surface area contributed by atoms with Crippen molar-refractivity contribution < 1.29 is 91.4 Å². The highest BCUT2D eigenvalue weighted by molar-refractivity contribution is 8.77. The number of rotatable bonds is 47. The van der Waals surface area contributed by atoms with E-state index in [1.807, 2.05) is 51.1 Å². The van der Waals surface area contributed by atoms with Crippen LogP contribution < -0.4 is 96.8 Å². The first kappa shape index (κ1) is 109. The molecule has 1 saturated heterocycles. The summed E-state index contributed by atoms with van der Waals surface area (Å²) in [6.45, 7) is 20.1. The van der Waals surface area contributed by atoms with Crippen LogP contribution in [0.2, 0.25) is 0 Å². The van der Waals surface area contributed by atoms with Crippen LogP contribution in [-0.2, 0) is 107 Å². The number of hydrogen-bond donors (Lipinski definition) is 19. The molecule has 0 aliphatic carbocycles. The molecule has 2 heterocycles. The molecule has 15 amide bonds. The van der Waals surface area contributed by atoms with Gasteiger partial charge in [0, 0.05) is 79.2 Å². The standard InChI is InChI=1S/C93H136N18O19S2/c1-14-25-61-29-24-30-65-63(51-99-77(61)65)48-71-83(122)101-66(31-17-15-16-26-53(4)112)81(120)110-79(92(11,12)132-131-91(9,10)78(100-57(8)116)88(127)107-73(50-75(97)118)85(124)109-76(55(6)114)87(126)105-71)89(128)106-69(46-58-34-37-64(38-35-58)130-43-41-95)82(121)103-70(47-59-33-36-60-27-18-19-28-62(60)45-59)86(125)111-93(13,39-21-22-40-94)90(129)108-67(32-20-23-42-98-56(7)115)80(119)104-72(49-74(96)117)84(123)102-68(54(5)113)44-52(2)3/h18-19,24,27-30,33-38,45,51-52,55,66-73,76,78-79,99,114H,14-17,20-23,25-26,31-32,39-44,46-50,94-95H2,1-13H3,(H2,96,117)(H2,97,118)(H,98,115)(H,100,116)(H,101,122)(H,102,123)(H,103,121)(H,104,119)(H,105,126)(H,106,128)(H,107,127)(H,108,129)(H,109,124)(H,110,120)(H,111,125)/t55-,66+,67+,68-,69+,70+,71+,72+,73+,76+,78-,79-,93+/m1/s1. The lowest BCUT2D eigenvalue weighted by molar-refractivity contribution is -0.138. The number of aromatic nitrogens is 1. The summed E-state index contributed by atoms with van der Waals surface area (Å²) in [6.07, 6.45) is 0.514. The fraction of sp³-hybridized carbons (Fsp3) is 0.559. The molecule has 724 valence electrons. The van der Waals surface area contributed by atoms with E-state index in [4.69, 9.17) is 27.7 Å². The van der Waals surface area contributed by atoms with Gasteiger partial charge >= 0.3 is 0 Å². The lowest BCUT2D eigenvalue weighted by Gasteiger charge is -2.39. The van der Waals surface area contributed by atoms with Crippen LogP contribution in [0, 0.1) is 5.92 Å². The summed E-state index contributed by atoms with van der Waals surface area (Å²) in [5.74, 6) is -14.6. The van der Waals surface area contributed by atoms with E-state index < -0.39 is 189 Å². The van der Waals surface area contributed by atoms with Gasteiger partial charge in [-0.15, -0.1) is 0 Å². The number of amides is 15. The third-order valence-electron chi connectivity index (χ3n) is 22.5. The van der Waals surface area contributed by atoms with Gasteiger partial charge in [0.05, 0.1) is 25.0 Å². The number of fused-ring (bicyclic) bond motifs is 2. The maximum Gasteiger partial charge on any atom is 0.246 e. The Morgan fingerprint density at radius 1 is 0.576 bits per heavy atom. The average Bonchev–Trinajstić information content (AvgIpc) is 0.903. The Labute approximate surface area is 778 Å². The SMILES string of the molecule is CCCc1cccc2c(C[C@@H]3NC(=O)[C@H]([C@@H](C)O)NC(=O)[C@H](CC(N)=O)NC(=O)[C@@H](NC(C)=O)C(C)(C)SSC(C)(C)[C@@H](C(=O)N[C@@H](Cc4ccc(OCCN)cc4)C(=O)N[C@@H](Cc4ccc5ccccc5c4)C(=O)N[C@@](C)(CCCCN)C(=O)N[C@@H](CCCCNC(C)=O)C(=O)N[C@@H](CC(N)=O)C(=O)N[C@H](CC(C)C)C(C)=O)NC(=O)[C@H](CCCCCC(C)=O)NC3=O)c[nH]c12. The lowest BCUT2D eigenvalue weighted by Crippen LogP contribution is -2.65. The molecule has 1 aromatic heterocycles. The van der Waals surface area contributed by atoms with E-state index in [9.17, 15) is 57.8 Å². The lowest BCUT2D eigenvalue weighted by atomic mass is 9.91. The largest absolute Gasteiger partial charge is 0.492 e. The zero-order valence-corrected chi connectivity index (χ0v) is 79.5. The number of aryl methyl sites for hydroxylation is 1. The Morgan fingerprint density at radius 3 is 1.82 bits per heavy atom. The quantitative estimate of drug-likeness (QED) is 0.0197. The van der Waals surface area contributed by atoms with Crippen molar-refractivity contribution in [3.8, 4) is 5.75 Å². The summed E-state index contributed by atoms with van der Waals surface area (Å²) in [6, 6.07) is 6.51. The molecule has 1 fully saturated rings. The van der Waals surface area contributed by atoms with Crippen molar-refractivity contribution in [2.45, 2.75) is 300 Å². The number of aromatic amines is 1. The fourth-order valence-corrected chi connectivity index (χ4v) is 18.0. The second-order valence-corrected chi connectivity index (χ2v) is 39.0. The molecule has 0 unspecified atom stereocenters. The Hall–Kier alpha value is -11.5. The Morgan fingerprint density at radius 2 is 1.19 bits per heavy atom. The van der Waals surface area contributed by atoms with Crippen molar-refractivity contribution in [3.05, 3.63) is 113 Å². The summed E-state index contributed by atoms with van der Waals surface area (Å²) >= 11 is 0. The molecule has 0 bridgehead atoms. The highest BCUT2D eigenvalue weighted by Gasteiger charge is 2.47. The van der Waals surface area contributed by atoms with Crippen LogP contribution in [0.3, 0.4) is 0 Å². The summed E-state index contributed by atoms with van der Waals surface area (Å²) < 4.78 is 2.62. The summed E-state index contributed by atoms with van der Waals surface area (Å²) in [4.78, 5) is 248. The van der Waals surface area contributed by atoms with Gasteiger partial charge in [-0.3, -0.25) is 76.7 Å². The number of aliphatic hydroxyl groups is 1. The Balaban J connectivity index is 1.55. The fourth-order valence-electron chi connectivity index (χ4n) is 15.2. The number of hydrogen-bond acceptors (Lipinski definition) is 23. The molecule has 23 N–H and O–H groups in total. The number of carbonyl (C=O) groups excluding carboxylic acids is 17. The van der Waals surface area contributed by atoms with Crippen molar-refractivity contribution in [2.75, 3.05) is 26.2 Å². The predicted octanol–water partition coefficient (Wildman–Crippen LogP) is 2.56. The number of benzene rings is 4. The first-order valence-corrected chi connectivity index (χ1v) is 47.1. The van der Waals surface area contributed by atoms with Crippen LogP contribution >= 0.6 is 21.6 Å². The molecular formula is C93H136N18O19S2. The van der Waals surface area contributed by atoms with Gasteiger partial charge in [0.25, 0.3) is 0 Å². The minimum Gasteiger partial charge on any atom is -0.492 e. The summed E-state index contributed by atoms with van der Waals surface area (Å²) in [5.41, 5.74) is 24.3. The third kappa shape index (κ3) is 34.9. The summed E-state index contributed by atoms with van der Waals surface area (Å²) in [5, 5.41) is 48.8. The number of aliphatic hydroxyl groups excluding tert-OH is 1. The molecule has 4 aromatic carbocycles. The van der Waals surface area contributed by atoms with Gasteiger partial charge in [0.2, 0.25) is 88.6 Å². The number of Topliss-reactive ketones (excluding diaryl/α,β-unsaturated/α-hetero) is 2. The van der Waals surface area contributed by atoms with E-state index in [0.717, 1.165) is 63.7 Å². The number of para-hydroxylation sites is 1. The zero-order chi connectivity index (χ0) is 97.9. The minimum atomic E-state index is -2.01. The molecule has 1 aliphatic heterocycles. The molecule has 1 aliphatic rings.